The fraction of sp³-hybridized carbons (Fsp3) is 0.333. The van der Waals surface area contributed by atoms with Crippen LogP contribution < -0.4 is 25.0 Å². The zero-order chi connectivity index (χ0) is 19.3. The van der Waals surface area contributed by atoms with Gasteiger partial charge in [-0.25, -0.2) is 0 Å². The van der Waals surface area contributed by atoms with E-state index in [4.69, 9.17) is 9.47 Å². The monoisotopic (exact) mass is 381 g/mol. The molecule has 4 rings (SSSR count). The number of carbonyl (C=O) groups is 2. The van der Waals surface area contributed by atoms with Crippen molar-refractivity contribution in [2.45, 2.75) is 19.4 Å². The molecule has 2 aliphatic rings. The third-order valence-corrected chi connectivity index (χ3v) is 4.96. The predicted molar refractivity (Wildman–Crippen MR) is 105 cm³/mol. The van der Waals surface area contributed by atoms with Crippen molar-refractivity contribution in [1.82, 2.24) is 10.6 Å². The summed E-state index contributed by atoms with van der Waals surface area (Å²) in [5.41, 5.74) is 2.68. The fourth-order valence-corrected chi connectivity index (χ4v) is 3.48. The molecular formula is C21H23N3O4. The highest BCUT2D eigenvalue weighted by molar-refractivity contribution is 5.97. The van der Waals surface area contributed by atoms with Crippen molar-refractivity contribution >= 4 is 17.5 Å². The van der Waals surface area contributed by atoms with E-state index in [0.717, 1.165) is 18.7 Å². The van der Waals surface area contributed by atoms with Crippen LogP contribution in [-0.4, -0.2) is 38.2 Å². The summed E-state index contributed by atoms with van der Waals surface area (Å²) >= 11 is 0. The van der Waals surface area contributed by atoms with Crippen molar-refractivity contribution < 1.29 is 19.1 Å². The third-order valence-electron chi connectivity index (χ3n) is 4.96. The van der Waals surface area contributed by atoms with Gasteiger partial charge in [-0.05, 0) is 42.7 Å². The molecule has 0 bridgehead atoms. The molecule has 2 N–H and O–H groups in total. The Labute approximate surface area is 163 Å². The van der Waals surface area contributed by atoms with Crippen LogP contribution in [0.2, 0.25) is 0 Å². The van der Waals surface area contributed by atoms with Crippen LogP contribution in [0.4, 0.5) is 5.69 Å². The van der Waals surface area contributed by atoms with Crippen LogP contribution >= 0.6 is 0 Å². The molecule has 0 aliphatic carbocycles. The van der Waals surface area contributed by atoms with Gasteiger partial charge >= 0.3 is 0 Å². The Morgan fingerprint density at radius 3 is 2.61 bits per heavy atom. The Morgan fingerprint density at radius 1 is 0.964 bits per heavy atom. The lowest BCUT2D eigenvalue weighted by Gasteiger charge is -2.21. The topological polar surface area (TPSA) is 79.9 Å². The highest BCUT2D eigenvalue weighted by Crippen LogP contribution is 2.32. The number of hydrogen-bond donors (Lipinski definition) is 2. The molecule has 0 spiro atoms. The zero-order valence-electron chi connectivity index (χ0n) is 15.6. The lowest BCUT2D eigenvalue weighted by atomic mass is 10.1. The molecule has 1 fully saturated rings. The van der Waals surface area contributed by atoms with Crippen LogP contribution in [0.15, 0.2) is 42.5 Å². The highest BCUT2D eigenvalue weighted by atomic mass is 16.7. The van der Waals surface area contributed by atoms with Crippen molar-refractivity contribution in [3.8, 4) is 11.5 Å². The van der Waals surface area contributed by atoms with E-state index < -0.39 is 0 Å². The minimum absolute atomic E-state index is 0.0842. The van der Waals surface area contributed by atoms with Gasteiger partial charge in [0.15, 0.2) is 11.5 Å². The second-order valence-electron chi connectivity index (χ2n) is 6.85. The number of fused-ring (bicyclic) bond motifs is 1. The van der Waals surface area contributed by atoms with Crippen molar-refractivity contribution in [3.63, 3.8) is 0 Å². The van der Waals surface area contributed by atoms with E-state index in [2.05, 4.69) is 21.6 Å². The van der Waals surface area contributed by atoms with Crippen molar-refractivity contribution in [2.24, 2.45) is 0 Å². The SMILES string of the molecule is O=C(CNC(=O)c1ccc2c(c1)OCO2)NCc1ccccc1N1CCCC1. The zero-order valence-corrected chi connectivity index (χ0v) is 15.6. The summed E-state index contributed by atoms with van der Waals surface area (Å²) in [6.45, 7) is 2.61. The van der Waals surface area contributed by atoms with E-state index in [1.807, 2.05) is 18.2 Å². The number of para-hydroxylation sites is 1. The summed E-state index contributed by atoms with van der Waals surface area (Å²) < 4.78 is 10.5. The first-order valence-electron chi connectivity index (χ1n) is 9.48. The molecular weight excluding hydrogens is 358 g/mol. The number of amides is 2. The first kappa shape index (κ1) is 18.2. The van der Waals surface area contributed by atoms with E-state index in [1.165, 1.54) is 18.5 Å². The Morgan fingerprint density at radius 2 is 1.75 bits per heavy atom. The molecule has 28 heavy (non-hydrogen) atoms. The molecule has 1 saturated heterocycles. The van der Waals surface area contributed by atoms with Crippen LogP contribution in [0.5, 0.6) is 11.5 Å². The van der Waals surface area contributed by atoms with Gasteiger partial charge in [-0.2, -0.15) is 0 Å². The lowest BCUT2D eigenvalue weighted by Crippen LogP contribution is -2.36. The second kappa shape index (κ2) is 8.21. The molecule has 2 aliphatic heterocycles. The fourth-order valence-electron chi connectivity index (χ4n) is 3.48. The highest BCUT2D eigenvalue weighted by Gasteiger charge is 2.17. The number of rotatable bonds is 6. The van der Waals surface area contributed by atoms with Gasteiger partial charge in [0, 0.05) is 30.9 Å². The van der Waals surface area contributed by atoms with E-state index in [1.54, 1.807) is 18.2 Å². The van der Waals surface area contributed by atoms with Crippen LogP contribution in [0, 0.1) is 0 Å². The maximum atomic E-state index is 12.3. The van der Waals surface area contributed by atoms with Gasteiger partial charge in [-0.3, -0.25) is 9.59 Å². The lowest BCUT2D eigenvalue weighted by molar-refractivity contribution is -0.120. The maximum absolute atomic E-state index is 12.3. The van der Waals surface area contributed by atoms with E-state index in [9.17, 15) is 9.59 Å². The van der Waals surface area contributed by atoms with E-state index in [-0.39, 0.29) is 25.2 Å². The largest absolute Gasteiger partial charge is 0.454 e. The molecule has 0 aromatic heterocycles. The van der Waals surface area contributed by atoms with E-state index in [0.29, 0.717) is 23.6 Å². The average Bonchev–Trinajstić information content (AvgIpc) is 3.41. The van der Waals surface area contributed by atoms with E-state index >= 15 is 0 Å². The minimum Gasteiger partial charge on any atom is -0.454 e. The van der Waals surface area contributed by atoms with Crippen molar-refractivity contribution in [3.05, 3.63) is 53.6 Å². The van der Waals surface area contributed by atoms with Gasteiger partial charge in [0.25, 0.3) is 5.91 Å². The van der Waals surface area contributed by atoms with Crippen molar-refractivity contribution in [1.29, 1.82) is 0 Å². The second-order valence-corrected chi connectivity index (χ2v) is 6.85. The molecule has 0 radical (unpaired) electrons. The smallest absolute Gasteiger partial charge is 0.251 e. The molecule has 7 heteroatoms. The van der Waals surface area contributed by atoms with Crippen LogP contribution in [0.3, 0.4) is 0 Å². The van der Waals surface area contributed by atoms with Gasteiger partial charge in [-0.15, -0.1) is 0 Å². The van der Waals surface area contributed by atoms with Gasteiger partial charge in [0.1, 0.15) is 0 Å². The van der Waals surface area contributed by atoms with Crippen LogP contribution in [0.1, 0.15) is 28.8 Å². The van der Waals surface area contributed by atoms with Crippen LogP contribution in [-0.2, 0) is 11.3 Å². The molecule has 2 aromatic rings. The summed E-state index contributed by atoms with van der Waals surface area (Å²) in [5.74, 6) is 0.595. The van der Waals surface area contributed by atoms with Gasteiger partial charge in [0.2, 0.25) is 12.7 Å². The van der Waals surface area contributed by atoms with Gasteiger partial charge in [-0.1, -0.05) is 18.2 Å². The Bertz CT molecular complexity index is 878. The number of nitrogens with one attached hydrogen (secondary N) is 2. The number of benzene rings is 2. The standard InChI is InChI=1S/C21H23N3O4/c25-20(13-23-21(26)15-7-8-18-19(11-15)28-14-27-18)22-12-16-5-1-2-6-17(16)24-9-3-4-10-24/h1-2,5-8,11H,3-4,9-10,12-14H2,(H,22,25)(H,23,26). The predicted octanol–water partition coefficient (Wildman–Crippen LogP) is 2.06. The summed E-state index contributed by atoms with van der Waals surface area (Å²) in [6, 6.07) is 13.1. The first-order valence-corrected chi connectivity index (χ1v) is 9.48. The Hall–Kier alpha value is -3.22. The summed E-state index contributed by atoms with van der Waals surface area (Å²) in [7, 11) is 0. The number of anilines is 1. The summed E-state index contributed by atoms with van der Waals surface area (Å²) in [5, 5.41) is 5.52. The quantitative estimate of drug-likeness (QED) is 0.801. The molecule has 2 heterocycles. The van der Waals surface area contributed by atoms with Crippen molar-refractivity contribution in [2.75, 3.05) is 31.3 Å². The number of hydrogen-bond acceptors (Lipinski definition) is 5. The number of nitrogens with zero attached hydrogens (tertiary/aromatic N) is 1. The number of ether oxygens (including phenoxy) is 2. The number of carbonyl (C=O) groups excluding carboxylic acids is 2. The Kier molecular flexibility index (Phi) is 5.32. The summed E-state index contributed by atoms with van der Waals surface area (Å²) in [6.07, 6.45) is 2.40. The molecule has 7 nitrogen and oxygen atoms in total. The molecule has 0 atom stereocenters. The van der Waals surface area contributed by atoms with Crippen LogP contribution in [0.25, 0.3) is 0 Å². The molecule has 0 saturated carbocycles. The van der Waals surface area contributed by atoms with Gasteiger partial charge < -0.3 is 25.0 Å². The molecule has 2 aromatic carbocycles. The Balaban J connectivity index is 1.29. The minimum atomic E-state index is -0.328. The molecule has 2 amide bonds. The normalized spacial score (nSPS) is 14.8. The average molecular weight is 381 g/mol. The molecule has 0 unspecified atom stereocenters. The maximum Gasteiger partial charge on any atom is 0.251 e. The molecule has 146 valence electrons. The third kappa shape index (κ3) is 4.03. The summed E-state index contributed by atoms with van der Waals surface area (Å²) in [4.78, 5) is 26.8. The van der Waals surface area contributed by atoms with Gasteiger partial charge in [0.05, 0.1) is 6.54 Å². The first-order chi connectivity index (χ1) is 13.7.